The first kappa shape index (κ1) is 28.6. The number of carbonyl (C=O) groups is 5. The average Bonchev–Trinajstić information content (AvgIpc) is 3.22. The van der Waals surface area contributed by atoms with Gasteiger partial charge in [0.05, 0.1) is 18.8 Å². The fourth-order valence-corrected chi connectivity index (χ4v) is 3.16. The largest absolute Gasteiger partial charge is 0.480 e. The van der Waals surface area contributed by atoms with Crippen molar-refractivity contribution in [2.45, 2.75) is 71.1 Å². The Morgan fingerprint density at radius 2 is 1.62 bits per heavy atom. The van der Waals surface area contributed by atoms with E-state index in [9.17, 15) is 29.1 Å². The highest BCUT2D eigenvalue weighted by Crippen LogP contribution is 2.09. The van der Waals surface area contributed by atoms with Gasteiger partial charge in [0.2, 0.25) is 23.6 Å². The van der Waals surface area contributed by atoms with E-state index in [0.717, 1.165) is 0 Å². The number of nitrogens with one attached hydrogen (secondary N) is 4. The number of imidazole rings is 1. The Balaban J connectivity index is 2.95. The fraction of sp³-hybridized carbons (Fsp3) is 0.619. The monoisotopic (exact) mass is 481 g/mol. The van der Waals surface area contributed by atoms with Gasteiger partial charge in [-0.1, -0.05) is 27.7 Å². The Morgan fingerprint density at radius 3 is 2.09 bits per heavy atom. The molecule has 0 spiro atoms. The molecule has 4 amide bonds. The summed E-state index contributed by atoms with van der Waals surface area (Å²) < 4.78 is 0. The standard InChI is InChI=1S/C21H35N7O6/c1-10(2)5-14(19(31)27-15(21(33)34)6-12-8-24-9-25-12)26-20(32)17(11(3)4)28-18(30)13(22)7-16(23)29/h8-11,13-15,17H,5-7,22H2,1-4H3,(H2,23,29)(H,24,25)(H,26,32)(H,27,31)(H,28,30)(H,33,34)/t13-,14-,15-,17-/m0/s1. The van der Waals surface area contributed by atoms with Crippen LogP contribution in [0.4, 0.5) is 0 Å². The molecule has 1 heterocycles. The van der Waals surface area contributed by atoms with Crippen LogP contribution in [0.1, 0.15) is 46.2 Å². The number of hydrogen-bond donors (Lipinski definition) is 7. The van der Waals surface area contributed by atoms with Crippen molar-refractivity contribution in [3.8, 4) is 0 Å². The number of carboxylic acid groups (broad SMARTS) is 1. The maximum Gasteiger partial charge on any atom is 0.326 e. The Kier molecular flexibility index (Phi) is 11.2. The molecule has 0 aliphatic carbocycles. The maximum atomic E-state index is 13.0. The molecule has 1 aromatic heterocycles. The van der Waals surface area contributed by atoms with Gasteiger partial charge in [-0.05, 0) is 18.3 Å². The van der Waals surface area contributed by atoms with E-state index in [1.807, 2.05) is 13.8 Å². The van der Waals surface area contributed by atoms with E-state index in [0.29, 0.717) is 5.69 Å². The Hall–Kier alpha value is -3.48. The minimum absolute atomic E-state index is 0.0111. The second-order valence-corrected chi connectivity index (χ2v) is 8.88. The van der Waals surface area contributed by atoms with Crippen LogP contribution in [0.3, 0.4) is 0 Å². The van der Waals surface area contributed by atoms with E-state index in [1.54, 1.807) is 13.8 Å². The molecule has 0 bridgehead atoms. The predicted molar refractivity (Wildman–Crippen MR) is 122 cm³/mol. The zero-order valence-electron chi connectivity index (χ0n) is 19.8. The van der Waals surface area contributed by atoms with Gasteiger partial charge in [-0.3, -0.25) is 19.2 Å². The molecule has 0 aromatic carbocycles. The van der Waals surface area contributed by atoms with Gasteiger partial charge in [0.1, 0.15) is 18.1 Å². The molecule has 0 fully saturated rings. The third kappa shape index (κ3) is 9.57. The number of H-pyrrole nitrogens is 1. The number of carbonyl (C=O) groups excluding carboxylic acids is 4. The van der Waals surface area contributed by atoms with Crippen molar-refractivity contribution in [1.82, 2.24) is 25.9 Å². The van der Waals surface area contributed by atoms with Crippen LogP contribution in [-0.4, -0.2) is 68.8 Å². The number of primary amides is 1. The lowest BCUT2D eigenvalue weighted by Crippen LogP contribution is -2.59. The zero-order chi connectivity index (χ0) is 26.0. The number of hydrogen-bond acceptors (Lipinski definition) is 7. The van der Waals surface area contributed by atoms with Gasteiger partial charge in [-0.2, -0.15) is 0 Å². The second kappa shape index (κ2) is 13.3. The van der Waals surface area contributed by atoms with Gasteiger partial charge in [-0.25, -0.2) is 9.78 Å². The molecule has 1 aromatic rings. The van der Waals surface area contributed by atoms with Crippen LogP contribution < -0.4 is 27.4 Å². The zero-order valence-corrected chi connectivity index (χ0v) is 19.8. The molecular formula is C21H35N7O6. The maximum absolute atomic E-state index is 13.0. The summed E-state index contributed by atoms with van der Waals surface area (Å²) in [5, 5.41) is 17.1. The quantitative estimate of drug-likeness (QED) is 0.163. The van der Waals surface area contributed by atoms with Crippen molar-refractivity contribution < 1.29 is 29.1 Å². The normalized spacial score (nSPS) is 14.7. The average molecular weight is 482 g/mol. The minimum Gasteiger partial charge on any atom is -0.480 e. The Morgan fingerprint density at radius 1 is 1.00 bits per heavy atom. The van der Waals surface area contributed by atoms with Crippen LogP contribution in [0.5, 0.6) is 0 Å². The molecule has 0 aliphatic rings. The highest BCUT2D eigenvalue weighted by atomic mass is 16.4. The number of aromatic amines is 1. The van der Waals surface area contributed by atoms with Gasteiger partial charge in [0.25, 0.3) is 0 Å². The SMILES string of the molecule is CC(C)C[C@H](NC(=O)[C@@H](NC(=O)[C@@H](N)CC(N)=O)C(C)C)C(=O)N[C@@H](Cc1cnc[nH]1)C(=O)O. The number of aliphatic carboxylic acids is 1. The molecule has 4 atom stereocenters. The first-order valence-corrected chi connectivity index (χ1v) is 11.0. The van der Waals surface area contributed by atoms with Crippen LogP contribution in [0, 0.1) is 11.8 Å². The molecule has 190 valence electrons. The Bertz CT molecular complexity index is 856. The van der Waals surface area contributed by atoms with Crippen molar-refractivity contribution in [3.05, 3.63) is 18.2 Å². The summed E-state index contributed by atoms with van der Waals surface area (Å²) in [5.41, 5.74) is 11.2. The second-order valence-electron chi connectivity index (χ2n) is 8.88. The number of nitrogens with two attached hydrogens (primary N) is 2. The number of nitrogens with zero attached hydrogens (tertiary/aromatic N) is 1. The topological polar surface area (TPSA) is 222 Å². The Labute approximate surface area is 197 Å². The van der Waals surface area contributed by atoms with Crippen LogP contribution in [0.25, 0.3) is 0 Å². The van der Waals surface area contributed by atoms with E-state index in [1.165, 1.54) is 12.5 Å². The van der Waals surface area contributed by atoms with E-state index in [4.69, 9.17) is 11.5 Å². The van der Waals surface area contributed by atoms with E-state index in [2.05, 4.69) is 25.9 Å². The summed E-state index contributed by atoms with van der Waals surface area (Å²) in [6.45, 7) is 7.06. The summed E-state index contributed by atoms with van der Waals surface area (Å²) in [6.07, 6.45) is 2.67. The highest BCUT2D eigenvalue weighted by molar-refractivity contribution is 5.95. The third-order valence-electron chi connectivity index (χ3n) is 4.94. The molecule has 0 radical (unpaired) electrons. The van der Waals surface area contributed by atoms with Gasteiger partial charge < -0.3 is 37.5 Å². The molecule has 13 heteroatoms. The van der Waals surface area contributed by atoms with E-state index in [-0.39, 0.29) is 31.1 Å². The molecule has 0 aliphatic heterocycles. The van der Waals surface area contributed by atoms with Crippen LogP contribution in [0.2, 0.25) is 0 Å². The molecule has 9 N–H and O–H groups in total. The van der Waals surface area contributed by atoms with Crippen LogP contribution in [0.15, 0.2) is 12.5 Å². The van der Waals surface area contributed by atoms with Crippen LogP contribution in [-0.2, 0) is 30.4 Å². The number of carboxylic acids is 1. The van der Waals surface area contributed by atoms with E-state index >= 15 is 0 Å². The molecule has 0 saturated carbocycles. The first-order chi connectivity index (χ1) is 15.8. The van der Waals surface area contributed by atoms with Crippen molar-refractivity contribution in [2.75, 3.05) is 0 Å². The lowest BCUT2D eigenvalue weighted by molar-refractivity contribution is -0.142. The van der Waals surface area contributed by atoms with Gasteiger partial charge in [0.15, 0.2) is 0 Å². The fourth-order valence-electron chi connectivity index (χ4n) is 3.16. The number of rotatable bonds is 14. The van der Waals surface area contributed by atoms with Crippen molar-refractivity contribution in [1.29, 1.82) is 0 Å². The third-order valence-corrected chi connectivity index (χ3v) is 4.94. The molecule has 13 nitrogen and oxygen atoms in total. The number of amides is 4. The van der Waals surface area contributed by atoms with Crippen molar-refractivity contribution in [2.24, 2.45) is 23.3 Å². The summed E-state index contributed by atoms with van der Waals surface area (Å²) in [6, 6.07) is -4.56. The highest BCUT2D eigenvalue weighted by Gasteiger charge is 2.32. The lowest BCUT2D eigenvalue weighted by atomic mass is 9.99. The lowest BCUT2D eigenvalue weighted by Gasteiger charge is -2.27. The van der Waals surface area contributed by atoms with Crippen molar-refractivity contribution in [3.63, 3.8) is 0 Å². The summed E-state index contributed by atoms with van der Waals surface area (Å²) in [4.78, 5) is 67.5. The molecule has 0 saturated heterocycles. The van der Waals surface area contributed by atoms with Gasteiger partial charge in [0, 0.05) is 18.3 Å². The van der Waals surface area contributed by atoms with E-state index < -0.39 is 53.8 Å². The number of aromatic nitrogens is 2. The predicted octanol–water partition coefficient (Wildman–Crippen LogP) is -1.60. The first-order valence-electron chi connectivity index (χ1n) is 11.0. The van der Waals surface area contributed by atoms with Crippen LogP contribution >= 0.6 is 0 Å². The summed E-state index contributed by atoms with van der Waals surface area (Å²) in [7, 11) is 0. The van der Waals surface area contributed by atoms with Gasteiger partial charge >= 0.3 is 5.97 Å². The minimum atomic E-state index is -1.24. The molecule has 34 heavy (non-hydrogen) atoms. The smallest absolute Gasteiger partial charge is 0.326 e. The molecule has 0 unspecified atom stereocenters. The molecular weight excluding hydrogens is 446 g/mol. The van der Waals surface area contributed by atoms with Gasteiger partial charge in [-0.15, -0.1) is 0 Å². The van der Waals surface area contributed by atoms with Crippen molar-refractivity contribution >= 4 is 29.6 Å². The molecule has 1 rings (SSSR count). The summed E-state index contributed by atoms with van der Waals surface area (Å²) >= 11 is 0. The summed E-state index contributed by atoms with van der Waals surface area (Å²) in [5.74, 6) is -4.44.